The minimum Gasteiger partial charge on any atom is -0.472 e. The normalized spacial score (nSPS) is 18.0. The summed E-state index contributed by atoms with van der Waals surface area (Å²) in [5.41, 5.74) is -0.633. The van der Waals surface area contributed by atoms with Crippen LogP contribution in [0.5, 0.6) is 5.88 Å². The Morgan fingerprint density at radius 3 is 2.73 bits per heavy atom. The van der Waals surface area contributed by atoms with Crippen LogP contribution in [0.2, 0.25) is 10.3 Å². The highest BCUT2D eigenvalue weighted by Crippen LogP contribution is 2.35. The number of rotatable bonds is 9. The van der Waals surface area contributed by atoms with Gasteiger partial charge in [-0.1, -0.05) is 11.6 Å². The molecule has 1 aliphatic rings. The second kappa shape index (κ2) is 12.1. The van der Waals surface area contributed by atoms with Gasteiger partial charge in [0.15, 0.2) is 0 Å². The van der Waals surface area contributed by atoms with E-state index in [4.69, 9.17) is 32.7 Å². The van der Waals surface area contributed by atoms with Gasteiger partial charge in [-0.2, -0.15) is 4.98 Å². The average molecular weight is 560 g/mol. The number of anilines is 1. The van der Waals surface area contributed by atoms with E-state index in [0.717, 1.165) is 0 Å². The second-order valence-electron chi connectivity index (χ2n) is 9.61. The molecule has 13 nitrogen and oxygen atoms in total. The van der Waals surface area contributed by atoms with Gasteiger partial charge in [0.2, 0.25) is 5.28 Å². The quantitative estimate of drug-likeness (QED) is 0.199. The maximum atomic E-state index is 12.4. The number of carbonyl (C=O) groups excluding carboxylic acids is 1. The molecule has 2 N–H and O–H groups in total. The lowest BCUT2D eigenvalue weighted by Crippen LogP contribution is -2.49. The van der Waals surface area contributed by atoms with Crippen molar-refractivity contribution >= 4 is 40.8 Å². The second-order valence-corrected chi connectivity index (χ2v) is 10.4. The lowest BCUT2D eigenvalue weighted by Gasteiger charge is -2.36. The average Bonchev–Trinajstić information content (AvgIpc) is 3.13. The van der Waals surface area contributed by atoms with Crippen LogP contribution >= 0.6 is 23.2 Å². The van der Waals surface area contributed by atoms with Crippen molar-refractivity contribution in [3.05, 3.63) is 32.3 Å². The number of hydrogen-bond donors (Lipinski definition) is 2. The minimum absolute atomic E-state index is 0.0252. The van der Waals surface area contributed by atoms with Crippen LogP contribution < -0.4 is 10.1 Å². The Morgan fingerprint density at radius 2 is 2.08 bits per heavy atom. The summed E-state index contributed by atoms with van der Waals surface area (Å²) in [4.78, 5) is 32.8. The van der Waals surface area contributed by atoms with E-state index in [1.165, 1.54) is 15.8 Å². The van der Waals surface area contributed by atoms with E-state index in [1.54, 1.807) is 27.7 Å². The first kappa shape index (κ1) is 28.7. The summed E-state index contributed by atoms with van der Waals surface area (Å²) in [6, 6.07) is -0.552. The molecule has 3 rings (SSSR count). The van der Waals surface area contributed by atoms with E-state index >= 15 is 0 Å². The van der Waals surface area contributed by atoms with Crippen molar-refractivity contribution in [2.24, 2.45) is 0 Å². The molecular formula is C22H31Cl2N7O6. The molecular weight excluding hydrogens is 529 g/mol. The zero-order chi connectivity index (χ0) is 27.3. The van der Waals surface area contributed by atoms with Gasteiger partial charge in [0.25, 0.3) is 0 Å². The number of nitro groups is 1. The third kappa shape index (κ3) is 7.55. The molecule has 1 fully saturated rings. The Labute approximate surface area is 224 Å². The number of unbranched alkanes of at least 4 members (excludes halogenated alkanes) is 1. The number of carbonyl (C=O) groups is 1. The van der Waals surface area contributed by atoms with Gasteiger partial charge in [-0.25, -0.2) is 9.78 Å². The Kier molecular flexibility index (Phi) is 9.37. The van der Waals surface area contributed by atoms with Gasteiger partial charge in [-0.05, 0) is 58.6 Å². The predicted octanol–water partition coefficient (Wildman–Crippen LogP) is 4.01. The molecule has 3 heterocycles. The summed E-state index contributed by atoms with van der Waals surface area (Å²) >= 11 is 11.8. The van der Waals surface area contributed by atoms with Crippen molar-refractivity contribution in [1.82, 2.24) is 24.6 Å². The molecule has 1 saturated heterocycles. The van der Waals surface area contributed by atoms with Crippen LogP contribution in [0, 0.1) is 17.0 Å². The van der Waals surface area contributed by atoms with Crippen LogP contribution in [0.1, 0.15) is 51.8 Å². The minimum atomic E-state index is -0.986. The zero-order valence-electron chi connectivity index (χ0n) is 21.1. The first-order chi connectivity index (χ1) is 17.4. The number of piperidine rings is 1. The number of aliphatic hydroxyl groups is 1. The molecule has 1 aliphatic heterocycles. The maximum absolute atomic E-state index is 12.4. The van der Waals surface area contributed by atoms with Crippen molar-refractivity contribution in [2.75, 3.05) is 31.6 Å². The number of aliphatic hydroxyl groups excluding tert-OH is 1. The zero-order valence-corrected chi connectivity index (χ0v) is 22.6. The lowest BCUT2D eigenvalue weighted by molar-refractivity contribution is -0.386. The van der Waals surface area contributed by atoms with E-state index in [2.05, 4.69) is 20.4 Å². The summed E-state index contributed by atoms with van der Waals surface area (Å²) in [5, 5.41) is 30.3. The largest absolute Gasteiger partial charge is 0.472 e. The molecule has 2 aromatic rings. The number of nitrogens with one attached hydrogen (secondary N) is 1. The van der Waals surface area contributed by atoms with Crippen LogP contribution in [0.25, 0.3) is 0 Å². The van der Waals surface area contributed by atoms with Crippen molar-refractivity contribution < 1.29 is 24.3 Å². The number of likely N-dealkylation sites (tertiary alicyclic amines) is 1. The van der Waals surface area contributed by atoms with E-state index in [9.17, 15) is 20.0 Å². The van der Waals surface area contributed by atoms with Crippen molar-refractivity contribution in [1.29, 1.82) is 0 Å². The highest BCUT2D eigenvalue weighted by Gasteiger charge is 2.37. The first-order valence-corrected chi connectivity index (χ1v) is 12.6. The third-order valence-electron chi connectivity index (χ3n) is 5.60. The number of nitrogens with zero attached hydrogens (tertiary/aromatic N) is 6. The monoisotopic (exact) mass is 559 g/mol. The number of ether oxygens (including phenoxy) is 2. The van der Waals surface area contributed by atoms with Gasteiger partial charge < -0.3 is 24.8 Å². The van der Waals surface area contributed by atoms with Crippen LogP contribution in [0.15, 0.2) is 6.20 Å². The third-order valence-corrected chi connectivity index (χ3v) is 6.06. The van der Waals surface area contributed by atoms with Crippen LogP contribution in [0.4, 0.5) is 16.3 Å². The standard InChI is InChI=1S/C22H31Cl2N7O6/c1-13-17(31(34)35)19(36-10-6-5-8-25-18-14(23)11-26-20(24)27-18)28-30(13)15-7-9-29(12-16(15)32)21(33)37-22(2,3)4/h11,15-16,32H,5-10,12H2,1-4H3,(H,25,26,27)/t15-,16-/m1/s1. The Balaban J connectivity index is 1.57. The summed E-state index contributed by atoms with van der Waals surface area (Å²) < 4.78 is 12.5. The molecule has 1 amide bonds. The molecule has 0 aliphatic carbocycles. The SMILES string of the molecule is Cc1c([N+](=O)[O-])c(OCCCCNc2nc(Cl)ncc2Cl)nn1[C@@H]1CCN(C(=O)OC(C)(C)C)C[C@H]1O. The fourth-order valence-corrected chi connectivity index (χ4v) is 4.17. The van der Waals surface area contributed by atoms with E-state index in [1.807, 2.05) is 0 Å². The van der Waals surface area contributed by atoms with Crippen LogP contribution in [-0.4, -0.2) is 78.7 Å². The topological polar surface area (TPSA) is 158 Å². The van der Waals surface area contributed by atoms with Crippen molar-refractivity contribution in [3.63, 3.8) is 0 Å². The van der Waals surface area contributed by atoms with Crippen LogP contribution in [-0.2, 0) is 4.74 Å². The highest BCUT2D eigenvalue weighted by atomic mass is 35.5. The summed E-state index contributed by atoms with van der Waals surface area (Å²) in [7, 11) is 0. The number of halogens is 2. The Hall–Kier alpha value is -2.90. The molecule has 2 aromatic heterocycles. The number of hydrogen-bond acceptors (Lipinski definition) is 10. The molecule has 0 saturated carbocycles. The molecule has 0 unspecified atom stereocenters. The number of amides is 1. The first-order valence-electron chi connectivity index (χ1n) is 11.8. The van der Waals surface area contributed by atoms with Gasteiger partial charge >= 0.3 is 17.7 Å². The van der Waals surface area contributed by atoms with Crippen molar-refractivity contribution in [3.8, 4) is 5.88 Å². The molecule has 0 aromatic carbocycles. The predicted molar refractivity (Wildman–Crippen MR) is 136 cm³/mol. The molecule has 0 bridgehead atoms. The lowest BCUT2D eigenvalue weighted by atomic mass is 10.0. The number of aromatic nitrogens is 4. The summed E-state index contributed by atoms with van der Waals surface area (Å²) in [6.45, 7) is 7.91. The molecule has 15 heteroatoms. The van der Waals surface area contributed by atoms with Gasteiger partial charge in [0.1, 0.15) is 22.1 Å². The van der Waals surface area contributed by atoms with Gasteiger partial charge in [0.05, 0.1) is 36.4 Å². The van der Waals surface area contributed by atoms with Crippen LogP contribution in [0.3, 0.4) is 0 Å². The molecule has 2 atom stereocenters. The highest BCUT2D eigenvalue weighted by molar-refractivity contribution is 6.33. The summed E-state index contributed by atoms with van der Waals surface area (Å²) in [6.07, 6.45) is 1.48. The molecule has 204 valence electrons. The van der Waals surface area contributed by atoms with Gasteiger partial charge in [-0.3, -0.25) is 14.8 Å². The van der Waals surface area contributed by atoms with E-state index in [-0.39, 0.29) is 35.7 Å². The molecule has 0 radical (unpaired) electrons. The molecule has 0 spiro atoms. The molecule has 37 heavy (non-hydrogen) atoms. The maximum Gasteiger partial charge on any atom is 0.410 e. The summed E-state index contributed by atoms with van der Waals surface area (Å²) in [5.74, 6) is 0.312. The van der Waals surface area contributed by atoms with Crippen molar-refractivity contribution in [2.45, 2.75) is 64.7 Å². The fraction of sp³-hybridized carbons (Fsp3) is 0.636. The number of β-amino-alcohol motifs (C(OH)–C–C–N with tert-alkyl or cyclic N) is 1. The van der Waals surface area contributed by atoms with E-state index in [0.29, 0.717) is 43.2 Å². The Bertz CT molecular complexity index is 1120. The fourth-order valence-electron chi connectivity index (χ4n) is 3.88. The van der Waals surface area contributed by atoms with E-state index < -0.39 is 28.8 Å². The van der Waals surface area contributed by atoms with Gasteiger partial charge in [0, 0.05) is 13.1 Å². The smallest absolute Gasteiger partial charge is 0.410 e. The van der Waals surface area contributed by atoms with Gasteiger partial charge in [-0.15, -0.1) is 5.10 Å². The Morgan fingerprint density at radius 1 is 1.35 bits per heavy atom.